The fraction of sp³-hybridized carbons (Fsp3) is 0.462. The lowest BCUT2D eigenvalue weighted by atomic mass is 10.1. The van der Waals surface area contributed by atoms with E-state index in [4.69, 9.17) is 4.74 Å². The second-order valence-electron chi connectivity index (χ2n) is 8.45. The van der Waals surface area contributed by atoms with Crippen LogP contribution in [0.2, 0.25) is 0 Å². The maximum atomic E-state index is 14.3. The number of carbonyl (C=O) groups excluding carboxylic acids is 2. The standard InChI is InChI=1S/C26H36FN3O5S/c1-5-17-28-26(32)20(3)29(19-21-10-7-8-11-24(21)27)25(31)12-9-18-30(36(4,33)34)22-13-15-23(16-14-22)35-6-2/h7-8,10-11,13-16,20H,5-6,9,12,17-19H2,1-4H3,(H,28,32)/t20-/m0/s1. The highest BCUT2D eigenvalue weighted by Gasteiger charge is 2.27. The maximum absolute atomic E-state index is 14.3. The van der Waals surface area contributed by atoms with Crippen molar-refractivity contribution in [1.29, 1.82) is 0 Å². The zero-order valence-electron chi connectivity index (χ0n) is 21.4. The summed E-state index contributed by atoms with van der Waals surface area (Å²) in [5.74, 6) is -0.523. The van der Waals surface area contributed by atoms with Crippen molar-refractivity contribution in [1.82, 2.24) is 10.2 Å². The Labute approximate surface area is 213 Å². The van der Waals surface area contributed by atoms with Crippen LogP contribution < -0.4 is 14.4 Å². The van der Waals surface area contributed by atoms with Crippen LogP contribution in [0, 0.1) is 5.82 Å². The lowest BCUT2D eigenvalue weighted by Gasteiger charge is -2.29. The van der Waals surface area contributed by atoms with Gasteiger partial charge >= 0.3 is 0 Å². The van der Waals surface area contributed by atoms with Gasteiger partial charge in [0.15, 0.2) is 0 Å². The Kier molecular flexibility index (Phi) is 11.2. The van der Waals surface area contributed by atoms with Gasteiger partial charge in [-0.2, -0.15) is 0 Å². The van der Waals surface area contributed by atoms with E-state index in [0.717, 1.165) is 12.7 Å². The number of halogens is 1. The molecule has 36 heavy (non-hydrogen) atoms. The molecule has 1 N–H and O–H groups in total. The van der Waals surface area contributed by atoms with Crippen LogP contribution in [0.3, 0.4) is 0 Å². The molecule has 0 aliphatic heterocycles. The van der Waals surface area contributed by atoms with Crippen LogP contribution in [-0.2, 0) is 26.2 Å². The van der Waals surface area contributed by atoms with Gasteiger partial charge in [0, 0.05) is 31.6 Å². The molecule has 2 aromatic carbocycles. The molecule has 0 radical (unpaired) electrons. The van der Waals surface area contributed by atoms with E-state index in [-0.39, 0.29) is 37.7 Å². The van der Waals surface area contributed by atoms with Gasteiger partial charge in [-0.25, -0.2) is 12.8 Å². The van der Waals surface area contributed by atoms with Gasteiger partial charge in [0.05, 0.1) is 18.6 Å². The largest absolute Gasteiger partial charge is 0.494 e. The highest BCUT2D eigenvalue weighted by atomic mass is 32.2. The number of hydrogen-bond donors (Lipinski definition) is 1. The predicted octanol–water partition coefficient (Wildman–Crippen LogP) is 3.71. The van der Waals surface area contributed by atoms with E-state index in [0.29, 0.717) is 30.2 Å². The second kappa shape index (κ2) is 13.8. The van der Waals surface area contributed by atoms with E-state index >= 15 is 0 Å². The van der Waals surface area contributed by atoms with E-state index in [9.17, 15) is 22.4 Å². The maximum Gasteiger partial charge on any atom is 0.242 e. The van der Waals surface area contributed by atoms with Crippen LogP contribution in [0.25, 0.3) is 0 Å². The highest BCUT2D eigenvalue weighted by Crippen LogP contribution is 2.23. The summed E-state index contributed by atoms with van der Waals surface area (Å²) in [6.07, 6.45) is 2.06. The Morgan fingerprint density at radius 2 is 1.75 bits per heavy atom. The molecule has 1 atom stereocenters. The van der Waals surface area contributed by atoms with E-state index in [1.807, 2.05) is 13.8 Å². The van der Waals surface area contributed by atoms with Crippen molar-refractivity contribution < 1.29 is 27.1 Å². The summed E-state index contributed by atoms with van der Waals surface area (Å²) in [5.41, 5.74) is 0.761. The van der Waals surface area contributed by atoms with Crippen molar-refractivity contribution in [2.75, 3.05) is 30.3 Å². The molecule has 8 nitrogen and oxygen atoms in total. The average molecular weight is 522 g/mol. The van der Waals surface area contributed by atoms with Gasteiger partial charge < -0.3 is 15.0 Å². The summed E-state index contributed by atoms with van der Waals surface area (Å²) >= 11 is 0. The second-order valence-corrected chi connectivity index (χ2v) is 10.4. The van der Waals surface area contributed by atoms with Gasteiger partial charge in [0.2, 0.25) is 21.8 Å². The fourth-order valence-corrected chi connectivity index (χ4v) is 4.63. The Bertz CT molecular complexity index is 1110. The summed E-state index contributed by atoms with van der Waals surface area (Å²) in [7, 11) is -3.60. The van der Waals surface area contributed by atoms with Gasteiger partial charge in [0.25, 0.3) is 0 Å². The number of ether oxygens (including phenoxy) is 1. The molecule has 0 spiro atoms. The van der Waals surface area contributed by atoms with Crippen molar-refractivity contribution in [3.05, 3.63) is 59.9 Å². The van der Waals surface area contributed by atoms with Gasteiger partial charge in [-0.15, -0.1) is 0 Å². The molecule has 0 fully saturated rings. The highest BCUT2D eigenvalue weighted by molar-refractivity contribution is 7.92. The van der Waals surface area contributed by atoms with Crippen molar-refractivity contribution in [2.45, 2.75) is 52.6 Å². The summed E-state index contributed by atoms with van der Waals surface area (Å²) < 4.78 is 45.8. The minimum Gasteiger partial charge on any atom is -0.494 e. The van der Waals surface area contributed by atoms with Crippen LogP contribution in [0.15, 0.2) is 48.5 Å². The van der Waals surface area contributed by atoms with Crippen LogP contribution in [0.1, 0.15) is 45.6 Å². The predicted molar refractivity (Wildman–Crippen MR) is 139 cm³/mol. The molecule has 2 rings (SSSR count). The Morgan fingerprint density at radius 3 is 2.33 bits per heavy atom. The summed E-state index contributed by atoms with van der Waals surface area (Å²) in [5, 5.41) is 2.77. The van der Waals surface area contributed by atoms with E-state index in [2.05, 4.69) is 5.32 Å². The number of carbonyl (C=O) groups is 2. The quantitative estimate of drug-likeness (QED) is 0.409. The monoisotopic (exact) mass is 521 g/mol. The number of anilines is 1. The van der Waals surface area contributed by atoms with Gasteiger partial charge in [-0.1, -0.05) is 25.1 Å². The number of sulfonamides is 1. The van der Waals surface area contributed by atoms with Crippen LogP contribution in [0.4, 0.5) is 10.1 Å². The molecular weight excluding hydrogens is 485 g/mol. The summed E-state index contributed by atoms with van der Waals surface area (Å²) in [4.78, 5) is 27.1. The SMILES string of the molecule is CCCNC(=O)[C@H](C)N(Cc1ccccc1F)C(=O)CCCN(c1ccc(OCC)cc1)S(C)(=O)=O. The molecule has 0 aromatic heterocycles. The van der Waals surface area contributed by atoms with E-state index in [1.165, 1.54) is 15.3 Å². The van der Waals surface area contributed by atoms with Crippen LogP contribution in [-0.4, -0.2) is 57.1 Å². The number of benzene rings is 2. The summed E-state index contributed by atoms with van der Waals surface area (Å²) in [6, 6.07) is 12.0. The fourth-order valence-electron chi connectivity index (χ4n) is 3.67. The van der Waals surface area contributed by atoms with Gasteiger partial charge in [0.1, 0.15) is 17.6 Å². The van der Waals surface area contributed by atoms with Crippen LogP contribution >= 0.6 is 0 Å². The Balaban J connectivity index is 2.15. The van der Waals surface area contributed by atoms with Crippen molar-refractivity contribution in [2.24, 2.45) is 0 Å². The number of hydrogen-bond acceptors (Lipinski definition) is 5. The normalized spacial score (nSPS) is 12.0. The molecule has 0 bridgehead atoms. The number of rotatable bonds is 14. The van der Waals surface area contributed by atoms with Gasteiger partial charge in [-0.3, -0.25) is 13.9 Å². The third-order valence-corrected chi connectivity index (χ3v) is 6.80. The van der Waals surface area contributed by atoms with Crippen molar-refractivity contribution in [3.63, 3.8) is 0 Å². The van der Waals surface area contributed by atoms with Crippen molar-refractivity contribution >= 4 is 27.5 Å². The minimum absolute atomic E-state index is 0.0110. The number of amides is 2. The molecule has 2 aromatic rings. The molecule has 2 amide bonds. The topological polar surface area (TPSA) is 96.0 Å². The van der Waals surface area contributed by atoms with Crippen molar-refractivity contribution in [3.8, 4) is 5.75 Å². The first-order chi connectivity index (χ1) is 17.1. The van der Waals surface area contributed by atoms with Gasteiger partial charge in [-0.05, 0) is 57.0 Å². The third kappa shape index (κ3) is 8.51. The van der Waals surface area contributed by atoms with E-state index < -0.39 is 21.9 Å². The molecule has 198 valence electrons. The molecule has 0 aliphatic carbocycles. The molecule has 0 heterocycles. The Hall–Kier alpha value is -3.14. The molecular formula is C26H36FN3O5S. The summed E-state index contributed by atoms with van der Waals surface area (Å²) in [6.45, 7) is 6.35. The molecule has 0 saturated heterocycles. The first-order valence-electron chi connectivity index (χ1n) is 12.1. The smallest absolute Gasteiger partial charge is 0.242 e. The Morgan fingerprint density at radius 1 is 1.08 bits per heavy atom. The lowest BCUT2D eigenvalue weighted by molar-refractivity contribution is -0.140. The lowest BCUT2D eigenvalue weighted by Crippen LogP contribution is -2.48. The minimum atomic E-state index is -3.60. The number of nitrogens with zero attached hydrogens (tertiary/aromatic N) is 2. The molecule has 0 aliphatic rings. The first kappa shape index (κ1) is 29.1. The zero-order valence-corrected chi connectivity index (χ0v) is 22.2. The molecule has 10 heteroatoms. The zero-order chi connectivity index (χ0) is 26.7. The first-order valence-corrected chi connectivity index (χ1v) is 13.9. The molecule has 0 saturated carbocycles. The third-order valence-electron chi connectivity index (χ3n) is 5.60. The average Bonchev–Trinajstić information content (AvgIpc) is 2.84. The molecule has 0 unspecified atom stereocenters. The van der Waals surface area contributed by atoms with Crippen LogP contribution in [0.5, 0.6) is 5.75 Å². The number of nitrogens with one attached hydrogen (secondary N) is 1. The van der Waals surface area contributed by atoms with E-state index in [1.54, 1.807) is 49.4 Å².